The van der Waals surface area contributed by atoms with Crippen LogP contribution in [0.5, 0.6) is 5.75 Å². The molecule has 2 N–H and O–H groups in total. The van der Waals surface area contributed by atoms with Gasteiger partial charge in [-0.25, -0.2) is 9.79 Å². The van der Waals surface area contributed by atoms with Crippen LogP contribution in [-0.2, 0) is 9.53 Å². The number of esters is 1. The van der Waals surface area contributed by atoms with Gasteiger partial charge in [0.05, 0.1) is 17.2 Å². The van der Waals surface area contributed by atoms with E-state index in [-0.39, 0.29) is 23.7 Å². The fourth-order valence-corrected chi connectivity index (χ4v) is 3.57. The molecule has 0 aliphatic carbocycles. The molecular weight excluding hydrogens is 362 g/mol. The van der Waals surface area contributed by atoms with Crippen molar-refractivity contribution in [3.8, 4) is 5.75 Å². The van der Waals surface area contributed by atoms with Crippen molar-refractivity contribution >= 4 is 34.5 Å². The van der Waals surface area contributed by atoms with Crippen LogP contribution < -0.4 is 0 Å². The van der Waals surface area contributed by atoms with Gasteiger partial charge in [-0.15, -0.1) is 0 Å². The summed E-state index contributed by atoms with van der Waals surface area (Å²) < 4.78 is 5.08. The fraction of sp³-hybridized carbons (Fsp3) is 0.143. The zero-order valence-corrected chi connectivity index (χ0v) is 15.8. The van der Waals surface area contributed by atoms with Crippen LogP contribution >= 0.6 is 11.8 Å². The SMILES string of the molecule is CCOC(=O)C1=C(O)/C(=C\c2cc(C)ccc2O)SC1=Nc1ccccc1. The van der Waals surface area contributed by atoms with Crippen molar-refractivity contribution in [1.29, 1.82) is 0 Å². The molecule has 2 aromatic rings. The summed E-state index contributed by atoms with van der Waals surface area (Å²) in [6, 6.07) is 14.4. The normalized spacial score (nSPS) is 17.0. The molecule has 138 valence electrons. The summed E-state index contributed by atoms with van der Waals surface area (Å²) in [5, 5.41) is 21.1. The predicted octanol–water partition coefficient (Wildman–Crippen LogP) is 4.89. The lowest BCUT2D eigenvalue weighted by Gasteiger charge is -2.03. The highest BCUT2D eigenvalue weighted by atomic mass is 32.2. The molecule has 0 fully saturated rings. The molecule has 1 aliphatic rings. The van der Waals surface area contributed by atoms with Gasteiger partial charge in [-0.3, -0.25) is 0 Å². The zero-order chi connectivity index (χ0) is 19.4. The molecule has 5 nitrogen and oxygen atoms in total. The van der Waals surface area contributed by atoms with Gasteiger partial charge < -0.3 is 14.9 Å². The molecule has 0 amide bonds. The number of phenols is 1. The summed E-state index contributed by atoms with van der Waals surface area (Å²) in [7, 11) is 0. The first-order valence-electron chi connectivity index (χ1n) is 8.43. The highest BCUT2D eigenvalue weighted by Gasteiger charge is 2.33. The number of phenolic OH excluding ortho intramolecular Hbond substituents is 1. The smallest absolute Gasteiger partial charge is 0.344 e. The second kappa shape index (κ2) is 8.14. The summed E-state index contributed by atoms with van der Waals surface area (Å²) >= 11 is 1.16. The Kier molecular flexibility index (Phi) is 5.66. The van der Waals surface area contributed by atoms with Crippen molar-refractivity contribution in [2.45, 2.75) is 13.8 Å². The molecular formula is C21H19NO4S. The average Bonchev–Trinajstić information content (AvgIpc) is 2.94. The van der Waals surface area contributed by atoms with Gasteiger partial charge in [0.25, 0.3) is 0 Å². The first kappa shape index (κ1) is 18.8. The van der Waals surface area contributed by atoms with E-state index in [4.69, 9.17) is 4.74 Å². The molecule has 3 rings (SSSR count). The topological polar surface area (TPSA) is 79.1 Å². The second-order valence-corrected chi connectivity index (χ2v) is 6.90. The highest BCUT2D eigenvalue weighted by molar-refractivity contribution is 8.18. The average molecular weight is 381 g/mol. The lowest BCUT2D eigenvalue weighted by Crippen LogP contribution is -2.12. The summed E-state index contributed by atoms with van der Waals surface area (Å²) in [5.74, 6) is -0.740. The van der Waals surface area contributed by atoms with Crippen molar-refractivity contribution in [3.05, 3.63) is 75.9 Å². The van der Waals surface area contributed by atoms with Crippen LogP contribution in [-0.4, -0.2) is 27.8 Å². The number of aryl methyl sites for hydroxylation is 1. The number of para-hydroxylation sites is 1. The summed E-state index contributed by atoms with van der Waals surface area (Å²) in [4.78, 5) is 17.3. The lowest BCUT2D eigenvalue weighted by molar-refractivity contribution is -0.138. The summed E-state index contributed by atoms with van der Waals surface area (Å²) in [5.41, 5.74) is 2.21. The molecule has 0 unspecified atom stereocenters. The van der Waals surface area contributed by atoms with Crippen LogP contribution in [0.25, 0.3) is 6.08 Å². The van der Waals surface area contributed by atoms with Gasteiger partial charge in [-0.2, -0.15) is 0 Å². The number of aliphatic hydroxyl groups excluding tert-OH is 1. The molecule has 0 spiro atoms. The van der Waals surface area contributed by atoms with Crippen LogP contribution in [0.4, 0.5) is 5.69 Å². The Hall–Kier alpha value is -2.99. The minimum absolute atomic E-state index is 0.0316. The van der Waals surface area contributed by atoms with Crippen molar-refractivity contribution in [2.24, 2.45) is 4.99 Å². The maximum Gasteiger partial charge on any atom is 0.344 e. The fourth-order valence-electron chi connectivity index (χ4n) is 2.54. The number of thioether (sulfide) groups is 1. The van der Waals surface area contributed by atoms with Crippen LogP contribution in [0.1, 0.15) is 18.1 Å². The van der Waals surface area contributed by atoms with Crippen molar-refractivity contribution in [2.75, 3.05) is 6.61 Å². The molecule has 2 aromatic carbocycles. The molecule has 27 heavy (non-hydrogen) atoms. The molecule has 0 saturated carbocycles. The summed E-state index contributed by atoms with van der Waals surface area (Å²) in [6.45, 7) is 3.80. The van der Waals surface area contributed by atoms with Gasteiger partial charge in [0.1, 0.15) is 22.1 Å². The number of hydrogen-bond acceptors (Lipinski definition) is 6. The Morgan fingerprint density at radius 1 is 1.19 bits per heavy atom. The predicted molar refractivity (Wildman–Crippen MR) is 108 cm³/mol. The van der Waals surface area contributed by atoms with Gasteiger partial charge >= 0.3 is 5.97 Å². The Morgan fingerprint density at radius 2 is 1.93 bits per heavy atom. The third-order valence-electron chi connectivity index (χ3n) is 3.83. The van der Waals surface area contributed by atoms with Crippen molar-refractivity contribution in [1.82, 2.24) is 0 Å². The molecule has 0 saturated heterocycles. The molecule has 6 heteroatoms. The maximum absolute atomic E-state index is 12.4. The van der Waals surface area contributed by atoms with Crippen LogP contribution in [0, 0.1) is 6.92 Å². The molecule has 1 heterocycles. The first-order valence-corrected chi connectivity index (χ1v) is 9.25. The quantitative estimate of drug-likeness (QED) is 0.737. The van der Waals surface area contributed by atoms with Crippen LogP contribution in [0.15, 0.2) is 69.8 Å². The zero-order valence-electron chi connectivity index (χ0n) is 15.0. The Labute approximate surface area is 161 Å². The Morgan fingerprint density at radius 3 is 2.63 bits per heavy atom. The minimum atomic E-state index is -0.631. The number of aromatic hydroxyl groups is 1. The standard InChI is InChI=1S/C21H19NO4S/c1-3-26-21(25)18-19(24)17(12-14-11-13(2)9-10-16(14)23)27-20(18)22-15-7-5-4-6-8-15/h4-12,23-24H,3H2,1-2H3/b17-12+,22-20?. The highest BCUT2D eigenvalue weighted by Crippen LogP contribution is 2.41. The van der Waals surface area contributed by atoms with Gasteiger partial charge in [-0.05, 0) is 44.2 Å². The summed E-state index contributed by atoms with van der Waals surface area (Å²) in [6.07, 6.45) is 1.63. The van der Waals surface area contributed by atoms with E-state index >= 15 is 0 Å². The number of nitrogens with zero attached hydrogens (tertiary/aromatic N) is 1. The number of carbonyl (C=O) groups is 1. The van der Waals surface area contributed by atoms with Gasteiger partial charge in [0.2, 0.25) is 0 Å². The van der Waals surface area contributed by atoms with E-state index in [9.17, 15) is 15.0 Å². The Bertz CT molecular complexity index is 961. The lowest BCUT2D eigenvalue weighted by atomic mass is 10.1. The van der Waals surface area contributed by atoms with E-state index < -0.39 is 5.97 Å². The first-order chi connectivity index (χ1) is 13.0. The Balaban J connectivity index is 2.07. The molecule has 1 aliphatic heterocycles. The molecule has 0 radical (unpaired) electrons. The van der Waals surface area contributed by atoms with Crippen molar-refractivity contribution in [3.63, 3.8) is 0 Å². The number of hydrogen-bond donors (Lipinski definition) is 2. The van der Waals surface area contributed by atoms with E-state index in [0.717, 1.165) is 17.3 Å². The van der Waals surface area contributed by atoms with Crippen molar-refractivity contribution < 1.29 is 19.7 Å². The number of aliphatic hydroxyl groups is 1. The second-order valence-electron chi connectivity index (χ2n) is 5.87. The maximum atomic E-state index is 12.4. The van der Waals surface area contributed by atoms with Crippen LogP contribution in [0.3, 0.4) is 0 Å². The van der Waals surface area contributed by atoms with E-state index in [1.165, 1.54) is 0 Å². The number of ether oxygens (including phenoxy) is 1. The number of rotatable bonds is 4. The van der Waals surface area contributed by atoms with E-state index in [1.54, 1.807) is 31.2 Å². The van der Waals surface area contributed by atoms with E-state index in [2.05, 4.69) is 4.99 Å². The largest absolute Gasteiger partial charge is 0.507 e. The third-order valence-corrected chi connectivity index (χ3v) is 4.85. The van der Waals surface area contributed by atoms with E-state index in [0.29, 0.717) is 21.2 Å². The van der Waals surface area contributed by atoms with Gasteiger partial charge in [0, 0.05) is 5.56 Å². The van der Waals surface area contributed by atoms with Crippen LogP contribution in [0.2, 0.25) is 0 Å². The monoisotopic (exact) mass is 381 g/mol. The third kappa shape index (κ3) is 4.23. The van der Waals surface area contributed by atoms with Gasteiger partial charge in [0.15, 0.2) is 0 Å². The van der Waals surface area contributed by atoms with Gasteiger partial charge in [-0.1, -0.05) is 41.6 Å². The molecule has 0 bridgehead atoms. The number of benzene rings is 2. The molecule has 0 atom stereocenters. The number of carbonyl (C=O) groups excluding carboxylic acids is 1. The number of aliphatic imine (C=N–C) groups is 1. The van der Waals surface area contributed by atoms with E-state index in [1.807, 2.05) is 37.3 Å². The molecule has 0 aromatic heterocycles. The minimum Gasteiger partial charge on any atom is -0.507 e.